The van der Waals surface area contributed by atoms with Crippen molar-refractivity contribution < 1.29 is 4.74 Å². The third-order valence-electron chi connectivity index (χ3n) is 2.22. The molecule has 1 aromatic rings. The molecular formula is C11H15BrO. The summed E-state index contributed by atoms with van der Waals surface area (Å²) in [5.41, 5.74) is 2.56. The topological polar surface area (TPSA) is 9.23 Å². The summed E-state index contributed by atoms with van der Waals surface area (Å²) < 4.78 is 5.20. The Kier molecular flexibility index (Phi) is 3.79. The number of hydrogen-bond donors (Lipinski definition) is 0. The van der Waals surface area contributed by atoms with E-state index in [1.807, 2.05) is 6.07 Å². The summed E-state index contributed by atoms with van der Waals surface area (Å²) in [7, 11) is 1.70. The van der Waals surface area contributed by atoms with E-state index in [2.05, 4.69) is 41.9 Å². The van der Waals surface area contributed by atoms with Gasteiger partial charge in [0.05, 0.1) is 7.11 Å². The van der Waals surface area contributed by atoms with Gasteiger partial charge in [-0.15, -0.1) is 0 Å². The Morgan fingerprint density at radius 1 is 1.46 bits per heavy atom. The minimum absolute atomic E-state index is 0.560. The summed E-state index contributed by atoms with van der Waals surface area (Å²) in [4.78, 5) is 0. The maximum absolute atomic E-state index is 5.20. The van der Waals surface area contributed by atoms with Crippen LogP contribution in [0.25, 0.3) is 0 Å². The number of alkyl halides is 1. The highest BCUT2D eigenvalue weighted by Crippen LogP contribution is 2.24. The van der Waals surface area contributed by atoms with E-state index in [9.17, 15) is 0 Å². The largest absolute Gasteiger partial charge is 0.496 e. The van der Waals surface area contributed by atoms with Gasteiger partial charge in [0.15, 0.2) is 0 Å². The van der Waals surface area contributed by atoms with Crippen LogP contribution in [0.2, 0.25) is 0 Å². The molecule has 0 saturated heterocycles. The van der Waals surface area contributed by atoms with Crippen LogP contribution in [0.1, 0.15) is 24.0 Å². The third kappa shape index (κ3) is 2.47. The van der Waals surface area contributed by atoms with Gasteiger partial charge < -0.3 is 4.74 Å². The van der Waals surface area contributed by atoms with Gasteiger partial charge in [-0.05, 0) is 30.0 Å². The Morgan fingerprint density at radius 3 is 2.62 bits per heavy atom. The molecule has 0 bridgehead atoms. The lowest BCUT2D eigenvalue weighted by atomic mass is 10.0. The first-order valence-electron chi connectivity index (χ1n) is 4.39. The van der Waals surface area contributed by atoms with Gasteiger partial charge in [-0.2, -0.15) is 0 Å². The molecule has 0 aliphatic heterocycles. The lowest BCUT2D eigenvalue weighted by Gasteiger charge is -2.11. The van der Waals surface area contributed by atoms with Crippen molar-refractivity contribution in [1.82, 2.24) is 0 Å². The molecule has 0 spiro atoms. The van der Waals surface area contributed by atoms with Crippen LogP contribution in [0.15, 0.2) is 18.2 Å². The zero-order valence-electron chi connectivity index (χ0n) is 8.30. The fraction of sp³-hybridized carbons (Fsp3) is 0.455. The predicted molar refractivity (Wildman–Crippen MR) is 59.9 cm³/mol. The standard InChI is InChI=1S/C11H15BrO/c1-8-6-10(9(2)7-12)4-5-11(8)13-3/h4-6,9H,7H2,1-3H3. The number of benzene rings is 1. The molecule has 1 atom stereocenters. The Balaban J connectivity index is 2.95. The molecule has 13 heavy (non-hydrogen) atoms. The van der Waals surface area contributed by atoms with Crippen LogP contribution in [0.5, 0.6) is 5.75 Å². The van der Waals surface area contributed by atoms with Gasteiger partial charge in [0.25, 0.3) is 0 Å². The van der Waals surface area contributed by atoms with Crippen molar-refractivity contribution in [3.8, 4) is 5.75 Å². The Hall–Kier alpha value is -0.500. The third-order valence-corrected chi connectivity index (χ3v) is 3.19. The first-order chi connectivity index (χ1) is 6.19. The van der Waals surface area contributed by atoms with Crippen LogP contribution >= 0.6 is 15.9 Å². The quantitative estimate of drug-likeness (QED) is 0.738. The summed E-state index contributed by atoms with van der Waals surface area (Å²) in [5, 5.41) is 0.999. The first-order valence-corrected chi connectivity index (χ1v) is 5.51. The fourth-order valence-electron chi connectivity index (χ4n) is 1.30. The van der Waals surface area contributed by atoms with Crippen molar-refractivity contribution in [3.05, 3.63) is 29.3 Å². The minimum Gasteiger partial charge on any atom is -0.496 e. The average molecular weight is 243 g/mol. The molecule has 1 rings (SSSR count). The molecule has 0 aliphatic carbocycles. The van der Waals surface area contributed by atoms with Crippen molar-refractivity contribution >= 4 is 15.9 Å². The Bertz CT molecular complexity index is 283. The van der Waals surface area contributed by atoms with Crippen molar-refractivity contribution in [1.29, 1.82) is 0 Å². The zero-order chi connectivity index (χ0) is 9.84. The molecule has 0 saturated carbocycles. The molecule has 1 unspecified atom stereocenters. The highest BCUT2D eigenvalue weighted by molar-refractivity contribution is 9.09. The summed E-state index contributed by atoms with van der Waals surface area (Å²) in [6.45, 7) is 4.28. The highest BCUT2D eigenvalue weighted by Gasteiger charge is 2.05. The number of aryl methyl sites for hydroxylation is 1. The van der Waals surface area contributed by atoms with Crippen LogP contribution in [0.3, 0.4) is 0 Å². The molecule has 2 heteroatoms. The smallest absolute Gasteiger partial charge is 0.121 e. The van der Waals surface area contributed by atoms with E-state index >= 15 is 0 Å². The van der Waals surface area contributed by atoms with Gasteiger partial charge in [-0.25, -0.2) is 0 Å². The molecule has 0 aromatic heterocycles. The lowest BCUT2D eigenvalue weighted by Crippen LogP contribution is -1.96. The number of ether oxygens (including phenoxy) is 1. The summed E-state index contributed by atoms with van der Waals surface area (Å²) >= 11 is 3.48. The van der Waals surface area contributed by atoms with Crippen LogP contribution in [0.4, 0.5) is 0 Å². The minimum atomic E-state index is 0.560. The van der Waals surface area contributed by atoms with E-state index in [1.54, 1.807) is 7.11 Å². The second-order valence-corrected chi connectivity index (χ2v) is 3.93. The van der Waals surface area contributed by atoms with Crippen LogP contribution < -0.4 is 4.74 Å². The SMILES string of the molecule is COc1ccc(C(C)CBr)cc1C. The highest BCUT2D eigenvalue weighted by atomic mass is 79.9. The molecule has 1 aromatic carbocycles. The number of methoxy groups -OCH3 is 1. The Morgan fingerprint density at radius 2 is 2.15 bits per heavy atom. The van der Waals surface area contributed by atoms with Crippen molar-refractivity contribution in [3.63, 3.8) is 0 Å². The van der Waals surface area contributed by atoms with E-state index in [4.69, 9.17) is 4.74 Å². The number of hydrogen-bond acceptors (Lipinski definition) is 1. The summed E-state index contributed by atoms with van der Waals surface area (Å²) in [6, 6.07) is 6.34. The second kappa shape index (κ2) is 4.66. The van der Waals surface area contributed by atoms with Gasteiger partial charge in [0.2, 0.25) is 0 Å². The molecular weight excluding hydrogens is 228 g/mol. The van der Waals surface area contributed by atoms with E-state index in [1.165, 1.54) is 11.1 Å². The summed E-state index contributed by atoms with van der Waals surface area (Å²) in [5.74, 6) is 1.52. The number of halogens is 1. The fourth-order valence-corrected chi connectivity index (χ4v) is 1.67. The first kappa shape index (κ1) is 10.6. The summed E-state index contributed by atoms with van der Waals surface area (Å²) in [6.07, 6.45) is 0. The van der Waals surface area contributed by atoms with E-state index < -0.39 is 0 Å². The van der Waals surface area contributed by atoms with E-state index in [-0.39, 0.29) is 0 Å². The van der Waals surface area contributed by atoms with Gasteiger partial charge in [-0.1, -0.05) is 35.0 Å². The number of rotatable bonds is 3. The molecule has 0 radical (unpaired) electrons. The van der Waals surface area contributed by atoms with E-state index in [0.717, 1.165) is 11.1 Å². The molecule has 0 fully saturated rings. The second-order valence-electron chi connectivity index (χ2n) is 3.28. The van der Waals surface area contributed by atoms with Crippen LogP contribution in [-0.2, 0) is 0 Å². The average Bonchev–Trinajstić information content (AvgIpc) is 2.16. The van der Waals surface area contributed by atoms with Crippen molar-refractivity contribution in [2.75, 3.05) is 12.4 Å². The van der Waals surface area contributed by atoms with Crippen LogP contribution in [0, 0.1) is 6.92 Å². The van der Waals surface area contributed by atoms with Gasteiger partial charge >= 0.3 is 0 Å². The predicted octanol–water partition coefficient (Wildman–Crippen LogP) is 3.50. The zero-order valence-corrected chi connectivity index (χ0v) is 9.89. The molecule has 72 valence electrons. The molecule has 0 heterocycles. The van der Waals surface area contributed by atoms with Crippen LogP contribution in [-0.4, -0.2) is 12.4 Å². The van der Waals surface area contributed by atoms with Gasteiger partial charge in [0.1, 0.15) is 5.75 Å². The van der Waals surface area contributed by atoms with E-state index in [0.29, 0.717) is 5.92 Å². The van der Waals surface area contributed by atoms with Crippen molar-refractivity contribution in [2.45, 2.75) is 19.8 Å². The monoisotopic (exact) mass is 242 g/mol. The molecule has 0 N–H and O–H groups in total. The molecule has 0 amide bonds. The Labute approximate surface area is 88.2 Å². The maximum atomic E-state index is 5.20. The maximum Gasteiger partial charge on any atom is 0.121 e. The van der Waals surface area contributed by atoms with Gasteiger partial charge in [0, 0.05) is 5.33 Å². The molecule has 1 nitrogen and oxygen atoms in total. The normalized spacial score (nSPS) is 12.6. The van der Waals surface area contributed by atoms with Crippen molar-refractivity contribution in [2.24, 2.45) is 0 Å². The lowest BCUT2D eigenvalue weighted by molar-refractivity contribution is 0.411. The van der Waals surface area contributed by atoms with Gasteiger partial charge in [-0.3, -0.25) is 0 Å². The molecule has 0 aliphatic rings.